The lowest BCUT2D eigenvalue weighted by Crippen LogP contribution is -2.52. The van der Waals surface area contributed by atoms with E-state index in [1.807, 2.05) is 11.4 Å². The third-order valence-electron chi connectivity index (χ3n) is 6.02. The van der Waals surface area contributed by atoms with E-state index in [0.29, 0.717) is 17.6 Å². The number of hydrogen-bond acceptors (Lipinski definition) is 5. The van der Waals surface area contributed by atoms with E-state index in [4.69, 9.17) is 10.1 Å². The molecule has 0 radical (unpaired) electrons. The van der Waals surface area contributed by atoms with E-state index in [1.54, 1.807) is 0 Å². The molecule has 2 aromatic carbocycles. The number of anilines is 2. The van der Waals surface area contributed by atoms with Gasteiger partial charge in [0.25, 0.3) is 5.78 Å². The summed E-state index contributed by atoms with van der Waals surface area (Å²) in [5.41, 5.74) is 5.79. The molecule has 5 rings (SSSR count). The SMILES string of the molecule is Cc1ccc(-c2nc3nc(C)cc(N4CCN(c5cccc(C)c5)[C@H](C)C4)n3n2)cc1. The molecule has 1 atom stereocenters. The van der Waals surface area contributed by atoms with E-state index in [1.165, 1.54) is 16.8 Å². The summed E-state index contributed by atoms with van der Waals surface area (Å²) in [5.74, 6) is 2.43. The lowest BCUT2D eigenvalue weighted by atomic mass is 10.1. The van der Waals surface area contributed by atoms with E-state index in [2.05, 4.69) is 90.2 Å². The van der Waals surface area contributed by atoms with E-state index in [9.17, 15) is 0 Å². The Hall–Kier alpha value is -3.41. The van der Waals surface area contributed by atoms with Crippen molar-refractivity contribution in [2.75, 3.05) is 29.4 Å². The number of benzene rings is 2. The van der Waals surface area contributed by atoms with Crippen molar-refractivity contribution in [3.63, 3.8) is 0 Å². The van der Waals surface area contributed by atoms with Crippen molar-refractivity contribution in [3.05, 3.63) is 71.4 Å². The monoisotopic (exact) mass is 412 g/mol. The van der Waals surface area contributed by atoms with Crippen LogP contribution in [0.3, 0.4) is 0 Å². The number of rotatable bonds is 3. The highest BCUT2D eigenvalue weighted by Gasteiger charge is 2.26. The Labute approximate surface area is 183 Å². The van der Waals surface area contributed by atoms with Crippen LogP contribution < -0.4 is 9.80 Å². The first-order chi connectivity index (χ1) is 15.0. The predicted molar refractivity (Wildman–Crippen MR) is 126 cm³/mol. The average Bonchev–Trinajstić information content (AvgIpc) is 3.17. The van der Waals surface area contributed by atoms with Crippen LogP contribution in [0.2, 0.25) is 0 Å². The molecule has 0 N–H and O–H groups in total. The van der Waals surface area contributed by atoms with Gasteiger partial charge in [0.15, 0.2) is 5.82 Å². The van der Waals surface area contributed by atoms with Gasteiger partial charge in [-0.3, -0.25) is 0 Å². The standard InChI is InChI=1S/C25H28N6/c1-17-8-10-21(11-9-17)24-27-25-26-19(3)15-23(31(25)28-24)29-12-13-30(20(4)16-29)22-7-5-6-18(2)14-22/h5-11,14-15,20H,12-13,16H2,1-4H3/t20-/m1/s1. The molecule has 1 fully saturated rings. The molecule has 1 saturated heterocycles. The summed E-state index contributed by atoms with van der Waals surface area (Å²) >= 11 is 0. The molecular weight excluding hydrogens is 384 g/mol. The first kappa shape index (κ1) is 19.5. The molecule has 0 bridgehead atoms. The van der Waals surface area contributed by atoms with Crippen LogP contribution in [0.25, 0.3) is 17.2 Å². The van der Waals surface area contributed by atoms with Gasteiger partial charge in [-0.25, -0.2) is 4.98 Å². The maximum atomic E-state index is 4.83. The Morgan fingerprint density at radius 2 is 1.68 bits per heavy atom. The van der Waals surface area contributed by atoms with Crippen LogP contribution in [0.1, 0.15) is 23.7 Å². The number of fused-ring (bicyclic) bond motifs is 1. The van der Waals surface area contributed by atoms with Gasteiger partial charge in [0.05, 0.1) is 0 Å². The summed E-state index contributed by atoms with van der Waals surface area (Å²) in [5, 5.41) is 4.83. The van der Waals surface area contributed by atoms with E-state index in [-0.39, 0.29) is 0 Å². The van der Waals surface area contributed by atoms with Gasteiger partial charge >= 0.3 is 0 Å². The van der Waals surface area contributed by atoms with Gasteiger partial charge < -0.3 is 9.80 Å². The fourth-order valence-corrected chi connectivity index (χ4v) is 4.37. The first-order valence-electron chi connectivity index (χ1n) is 10.9. The fourth-order valence-electron chi connectivity index (χ4n) is 4.37. The van der Waals surface area contributed by atoms with Crippen LogP contribution in [0, 0.1) is 20.8 Å². The number of aryl methyl sites for hydroxylation is 3. The Bertz CT molecular complexity index is 1230. The van der Waals surface area contributed by atoms with Crippen molar-refractivity contribution in [2.24, 2.45) is 0 Å². The maximum Gasteiger partial charge on any atom is 0.254 e. The molecule has 6 nitrogen and oxygen atoms in total. The Morgan fingerprint density at radius 1 is 0.871 bits per heavy atom. The Balaban J connectivity index is 1.47. The van der Waals surface area contributed by atoms with Gasteiger partial charge in [0.2, 0.25) is 0 Å². The second kappa shape index (κ2) is 7.69. The summed E-state index contributed by atoms with van der Waals surface area (Å²) < 4.78 is 1.90. The molecule has 0 saturated carbocycles. The van der Waals surface area contributed by atoms with Crippen molar-refractivity contribution in [1.29, 1.82) is 0 Å². The quantitative estimate of drug-likeness (QED) is 0.498. The van der Waals surface area contributed by atoms with Crippen molar-refractivity contribution >= 4 is 17.3 Å². The molecule has 31 heavy (non-hydrogen) atoms. The third kappa shape index (κ3) is 3.74. The van der Waals surface area contributed by atoms with Crippen LogP contribution in [0.4, 0.5) is 11.5 Å². The largest absolute Gasteiger partial charge is 0.365 e. The molecule has 4 aromatic rings. The topological polar surface area (TPSA) is 49.6 Å². The minimum Gasteiger partial charge on any atom is -0.365 e. The van der Waals surface area contributed by atoms with Crippen LogP contribution in [-0.2, 0) is 0 Å². The molecule has 0 unspecified atom stereocenters. The molecule has 6 heteroatoms. The molecule has 0 amide bonds. The lowest BCUT2D eigenvalue weighted by Gasteiger charge is -2.42. The lowest BCUT2D eigenvalue weighted by molar-refractivity contribution is 0.543. The second-order valence-corrected chi connectivity index (χ2v) is 8.60. The number of nitrogens with zero attached hydrogens (tertiary/aromatic N) is 6. The van der Waals surface area contributed by atoms with E-state index >= 15 is 0 Å². The molecular formula is C25H28N6. The van der Waals surface area contributed by atoms with Crippen LogP contribution in [0.5, 0.6) is 0 Å². The molecule has 1 aliphatic heterocycles. The summed E-state index contributed by atoms with van der Waals surface area (Å²) in [6, 6.07) is 19.6. The smallest absolute Gasteiger partial charge is 0.254 e. The highest BCUT2D eigenvalue weighted by molar-refractivity contribution is 5.60. The van der Waals surface area contributed by atoms with E-state index < -0.39 is 0 Å². The normalized spacial score (nSPS) is 16.8. The fraction of sp³-hybridized carbons (Fsp3) is 0.320. The zero-order valence-corrected chi connectivity index (χ0v) is 18.6. The van der Waals surface area contributed by atoms with Gasteiger partial charge in [0, 0.05) is 48.7 Å². The van der Waals surface area contributed by atoms with Crippen molar-refractivity contribution < 1.29 is 0 Å². The zero-order chi connectivity index (χ0) is 21.5. The number of piperazine rings is 1. The summed E-state index contributed by atoms with van der Waals surface area (Å²) in [6.45, 7) is 11.4. The Kier molecular flexibility index (Phi) is 4.85. The van der Waals surface area contributed by atoms with Crippen molar-refractivity contribution in [2.45, 2.75) is 33.7 Å². The molecule has 1 aliphatic rings. The minimum absolute atomic E-state index is 0.388. The highest BCUT2D eigenvalue weighted by Crippen LogP contribution is 2.26. The first-order valence-corrected chi connectivity index (χ1v) is 10.9. The summed E-state index contributed by atoms with van der Waals surface area (Å²) in [6.07, 6.45) is 0. The van der Waals surface area contributed by atoms with Gasteiger partial charge in [-0.2, -0.15) is 9.50 Å². The number of hydrogen-bond donors (Lipinski definition) is 0. The molecule has 0 aliphatic carbocycles. The van der Waals surface area contributed by atoms with Gasteiger partial charge in [-0.05, 0) is 45.4 Å². The van der Waals surface area contributed by atoms with Crippen LogP contribution in [0.15, 0.2) is 54.6 Å². The maximum absolute atomic E-state index is 4.83. The summed E-state index contributed by atoms with van der Waals surface area (Å²) in [7, 11) is 0. The average molecular weight is 413 g/mol. The Morgan fingerprint density at radius 3 is 2.42 bits per heavy atom. The second-order valence-electron chi connectivity index (χ2n) is 8.60. The summed E-state index contributed by atoms with van der Waals surface area (Å²) in [4.78, 5) is 14.3. The zero-order valence-electron chi connectivity index (χ0n) is 18.6. The predicted octanol–water partition coefficient (Wildman–Crippen LogP) is 4.43. The van der Waals surface area contributed by atoms with Crippen molar-refractivity contribution in [1.82, 2.24) is 19.6 Å². The van der Waals surface area contributed by atoms with Crippen LogP contribution in [-0.4, -0.2) is 45.3 Å². The van der Waals surface area contributed by atoms with Crippen molar-refractivity contribution in [3.8, 4) is 11.4 Å². The van der Waals surface area contributed by atoms with Gasteiger partial charge in [-0.1, -0.05) is 42.0 Å². The van der Waals surface area contributed by atoms with E-state index in [0.717, 1.165) is 36.7 Å². The molecule has 2 aromatic heterocycles. The minimum atomic E-state index is 0.388. The highest BCUT2D eigenvalue weighted by atomic mass is 15.4. The molecule has 3 heterocycles. The van der Waals surface area contributed by atoms with Gasteiger partial charge in [0.1, 0.15) is 5.82 Å². The molecule has 0 spiro atoms. The van der Waals surface area contributed by atoms with Crippen LogP contribution >= 0.6 is 0 Å². The third-order valence-corrected chi connectivity index (χ3v) is 6.02. The number of aromatic nitrogens is 4. The van der Waals surface area contributed by atoms with Gasteiger partial charge in [-0.15, -0.1) is 5.10 Å². The molecule has 158 valence electrons.